The van der Waals surface area contributed by atoms with Crippen molar-refractivity contribution in [2.24, 2.45) is 0 Å². The van der Waals surface area contributed by atoms with Gasteiger partial charge in [0.1, 0.15) is 12.1 Å². The molecule has 24 heavy (non-hydrogen) atoms. The molecule has 0 spiro atoms. The number of hydrogen-bond acceptors (Lipinski definition) is 4. The second-order valence-corrected chi connectivity index (χ2v) is 6.73. The Balaban J connectivity index is 2.02. The van der Waals surface area contributed by atoms with E-state index in [9.17, 15) is 19.6 Å². The third-order valence-electron chi connectivity index (χ3n) is 4.10. The van der Waals surface area contributed by atoms with Crippen molar-refractivity contribution >= 4 is 28.9 Å². The van der Waals surface area contributed by atoms with Crippen LogP contribution >= 0.6 is 22.9 Å². The van der Waals surface area contributed by atoms with Crippen LogP contribution < -0.4 is 0 Å². The number of halogens is 2. The Bertz CT molecular complexity index is 869. The van der Waals surface area contributed by atoms with E-state index in [2.05, 4.69) is 0 Å². The van der Waals surface area contributed by atoms with Gasteiger partial charge in [-0.1, -0.05) is 35.9 Å². The molecule has 2 heterocycles. The van der Waals surface area contributed by atoms with Gasteiger partial charge in [0, 0.05) is 7.05 Å². The van der Waals surface area contributed by atoms with Gasteiger partial charge in [-0.15, -0.1) is 11.3 Å². The van der Waals surface area contributed by atoms with Gasteiger partial charge in [0.05, 0.1) is 21.4 Å². The highest BCUT2D eigenvalue weighted by atomic mass is 35.5. The molecule has 7 heteroatoms. The topological polar surface area (TPSA) is 64.3 Å². The Morgan fingerprint density at radius 1 is 1.38 bits per heavy atom. The summed E-state index contributed by atoms with van der Waals surface area (Å²) >= 11 is 7.61. The highest BCUT2D eigenvalue weighted by Gasteiger charge is 2.44. The maximum atomic E-state index is 14.2. The first-order chi connectivity index (χ1) is 11.5. The Morgan fingerprint density at radius 2 is 2.04 bits per heavy atom. The summed E-state index contributed by atoms with van der Waals surface area (Å²) in [5.74, 6) is -2.81. The van der Waals surface area contributed by atoms with Crippen LogP contribution in [0.1, 0.15) is 11.5 Å². The molecule has 1 N–H and O–H groups in total. The van der Waals surface area contributed by atoms with E-state index >= 15 is 0 Å². The van der Waals surface area contributed by atoms with Gasteiger partial charge in [-0.2, -0.15) is 9.65 Å². The van der Waals surface area contributed by atoms with E-state index in [4.69, 9.17) is 11.6 Å². The molecule has 0 saturated heterocycles. The van der Waals surface area contributed by atoms with Gasteiger partial charge in [-0.25, -0.2) is 4.79 Å². The third-order valence-corrected chi connectivity index (χ3v) is 5.49. The van der Waals surface area contributed by atoms with Gasteiger partial charge < -0.3 is 10.0 Å². The number of rotatable bonds is 3. The zero-order valence-corrected chi connectivity index (χ0v) is 14.1. The molecule has 122 valence electrons. The first-order valence-corrected chi connectivity index (χ1v) is 8.30. The lowest BCUT2D eigenvalue weighted by molar-refractivity contribution is -0.142. The van der Waals surface area contributed by atoms with Crippen LogP contribution in [0.25, 0.3) is 10.4 Å². The minimum Gasteiger partial charge on any atom is -0.480 e. The fourth-order valence-corrected chi connectivity index (χ4v) is 4.11. The molecule has 1 aromatic heterocycles. The Kier molecular flexibility index (Phi) is 4.31. The van der Waals surface area contributed by atoms with Crippen molar-refractivity contribution < 1.29 is 14.3 Å². The molecule has 2 aromatic rings. The minimum absolute atomic E-state index is 0.160. The molecule has 1 aromatic carbocycles. The van der Waals surface area contributed by atoms with E-state index in [0.29, 0.717) is 10.6 Å². The number of nitriles is 1. The summed E-state index contributed by atoms with van der Waals surface area (Å²) in [6.45, 7) is 0. The van der Waals surface area contributed by atoms with Gasteiger partial charge in [-0.05, 0) is 22.6 Å². The molecule has 1 aliphatic rings. The van der Waals surface area contributed by atoms with E-state index in [-0.39, 0.29) is 5.57 Å². The fraction of sp³-hybridized carbons (Fsp3) is 0.176. The van der Waals surface area contributed by atoms with Crippen molar-refractivity contribution in [3.63, 3.8) is 0 Å². The summed E-state index contributed by atoms with van der Waals surface area (Å²) in [5, 5.41) is 21.2. The monoisotopic (exact) mass is 362 g/mol. The molecule has 2 unspecified atom stereocenters. The summed E-state index contributed by atoms with van der Waals surface area (Å²) in [4.78, 5) is 13.4. The van der Waals surface area contributed by atoms with Gasteiger partial charge in [0.25, 0.3) is 0 Å². The van der Waals surface area contributed by atoms with E-state index in [1.807, 2.05) is 11.4 Å². The smallest absolute Gasteiger partial charge is 0.327 e. The van der Waals surface area contributed by atoms with Crippen molar-refractivity contribution in [2.75, 3.05) is 7.05 Å². The van der Waals surface area contributed by atoms with E-state index in [1.54, 1.807) is 30.3 Å². The standard InChI is InChI=1S/C17H12ClFN2O2S/c1-21-14(17(22)23)13(11(8-20)16(21)19)9-2-4-10(5-3-9)15-12(18)6-7-24-15/h2-7,13-14H,1H3,(H,22,23). The molecule has 2 atom stereocenters. The largest absolute Gasteiger partial charge is 0.480 e. The van der Waals surface area contributed by atoms with E-state index < -0.39 is 23.9 Å². The van der Waals surface area contributed by atoms with Gasteiger partial charge >= 0.3 is 5.97 Å². The number of nitrogens with zero attached hydrogens (tertiary/aromatic N) is 2. The Hall–Kier alpha value is -2.36. The zero-order chi connectivity index (χ0) is 17.4. The normalized spacial score (nSPS) is 20.3. The lowest BCUT2D eigenvalue weighted by Gasteiger charge is -2.23. The number of benzene rings is 1. The van der Waals surface area contributed by atoms with Crippen LogP contribution in [-0.4, -0.2) is 29.1 Å². The molecule has 0 bridgehead atoms. The van der Waals surface area contributed by atoms with E-state index in [0.717, 1.165) is 15.3 Å². The van der Waals surface area contributed by atoms with Crippen molar-refractivity contribution in [1.82, 2.24) is 4.90 Å². The third kappa shape index (κ3) is 2.56. The summed E-state index contributed by atoms with van der Waals surface area (Å²) in [7, 11) is 1.34. The van der Waals surface area contributed by atoms with Crippen molar-refractivity contribution in [3.05, 3.63) is 57.8 Å². The number of carbonyl (C=O) groups is 1. The minimum atomic E-state index is -1.17. The van der Waals surface area contributed by atoms with Crippen molar-refractivity contribution in [1.29, 1.82) is 5.26 Å². The number of aliphatic carboxylic acids is 1. The zero-order valence-electron chi connectivity index (χ0n) is 12.5. The van der Waals surface area contributed by atoms with Gasteiger partial charge in [0.15, 0.2) is 0 Å². The second kappa shape index (κ2) is 6.27. The average molecular weight is 363 g/mol. The molecule has 0 aliphatic carbocycles. The molecule has 0 radical (unpaired) electrons. The number of thiophene rings is 1. The second-order valence-electron chi connectivity index (χ2n) is 5.41. The van der Waals surface area contributed by atoms with Crippen LogP contribution in [0.4, 0.5) is 4.39 Å². The maximum absolute atomic E-state index is 14.2. The molecule has 0 saturated carbocycles. The van der Waals surface area contributed by atoms with E-state index in [1.165, 1.54) is 18.4 Å². The molecule has 4 nitrogen and oxygen atoms in total. The Morgan fingerprint density at radius 3 is 2.54 bits per heavy atom. The predicted molar refractivity (Wildman–Crippen MR) is 90.4 cm³/mol. The summed E-state index contributed by atoms with van der Waals surface area (Å²) in [5.41, 5.74) is 1.31. The van der Waals surface area contributed by atoms with Crippen LogP contribution in [0, 0.1) is 11.3 Å². The van der Waals surface area contributed by atoms with Crippen LogP contribution in [-0.2, 0) is 4.79 Å². The van der Waals surface area contributed by atoms with Crippen LogP contribution in [0.5, 0.6) is 0 Å². The van der Waals surface area contributed by atoms with Gasteiger partial charge in [0.2, 0.25) is 5.95 Å². The first-order valence-electron chi connectivity index (χ1n) is 7.04. The predicted octanol–water partition coefficient (Wildman–Crippen LogP) is 4.26. The number of hydrogen-bond donors (Lipinski definition) is 1. The van der Waals surface area contributed by atoms with Crippen LogP contribution in [0.3, 0.4) is 0 Å². The lowest BCUT2D eigenvalue weighted by atomic mass is 9.87. The molecule has 0 fully saturated rings. The summed E-state index contributed by atoms with van der Waals surface area (Å²) in [6.07, 6.45) is 0. The van der Waals surface area contributed by atoms with Crippen molar-refractivity contribution in [3.8, 4) is 16.5 Å². The highest BCUT2D eigenvalue weighted by Crippen LogP contribution is 2.41. The molecule has 3 rings (SSSR count). The molecule has 1 aliphatic heterocycles. The number of carboxylic acid groups (broad SMARTS) is 1. The Labute approximate surface area is 147 Å². The first kappa shape index (κ1) is 16.5. The molecular formula is C17H12ClFN2O2S. The average Bonchev–Trinajstić information content (AvgIpc) is 3.09. The summed E-state index contributed by atoms with van der Waals surface area (Å²) in [6, 6.07) is 9.51. The SMILES string of the molecule is CN1C(F)=C(C#N)C(c2ccc(-c3sccc3Cl)cc2)C1C(=O)O. The lowest BCUT2D eigenvalue weighted by Crippen LogP contribution is -2.37. The highest BCUT2D eigenvalue weighted by molar-refractivity contribution is 7.14. The molecular weight excluding hydrogens is 351 g/mol. The quantitative estimate of drug-likeness (QED) is 0.829. The fourth-order valence-electron chi connectivity index (χ4n) is 2.94. The van der Waals surface area contributed by atoms with Crippen LogP contribution in [0.15, 0.2) is 47.2 Å². The maximum Gasteiger partial charge on any atom is 0.327 e. The van der Waals surface area contributed by atoms with Gasteiger partial charge in [-0.3, -0.25) is 0 Å². The number of likely N-dealkylation sites (N-methyl/N-ethyl adjacent to an activating group) is 1. The number of carboxylic acids is 1. The summed E-state index contributed by atoms with van der Waals surface area (Å²) < 4.78 is 14.2. The molecule has 0 amide bonds. The van der Waals surface area contributed by atoms with Crippen molar-refractivity contribution in [2.45, 2.75) is 12.0 Å². The van der Waals surface area contributed by atoms with Crippen LogP contribution in [0.2, 0.25) is 5.02 Å².